The Morgan fingerprint density at radius 2 is 1.25 bits per heavy atom. The van der Waals surface area contributed by atoms with Crippen molar-refractivity contribution in [3.63, 3.8) is 0 Å². The molecular weight excluding hydrogens is 229 g/mol. The fourth-order valence-corrected chi connectivity index (χ4v) is 1.07. The lowest BCUT2D eigenvalue weighted by Gasteiger charge is -2.03. The quantitative estimate of drug-likeness (QED) is 0.488. The Balaban J connectivity index is 3.29. The summed E-state index contributed by atoms with van der Waals surface area (Å²) in [7, 11) is 0. The lowest BCUT2D eigenvalue weighted by molar-refractivity contribution is 0.377. The Labute approximate surface area is 88.4 Å². The predicted octanol–water partition coefficient (Wildman–Crippen LogP) is 2.74. The van der Waals surface area contributed by atoms with Crippen LogP contribution in [0.3, 0.4) is 0 Å². The first-order valence-electron chi connectivity index (χ1n) is 4.38. The third-order valence-corrected chi connectivity index (χ3v) is 1.86. The fourth-order valence-electron chi connectivity index (χ4n) is 1.07. The van der Waals surface area contributed by atoms with Crippen molar-refractivity contribution in [1.29, 1.82) is 0 Å². The van der Waals surface area contributed by atoms with Gasteiger partial charge in [0, 0.05) is 0 Å². The summed E-state index contributed by atoms with van der Waals surface area (Å²) in [5.74, 6) is -9.75. The van der Waals surface area contributed by atoms with E-state index in [-0.39, 0.29) is 13.0 Å². The van der Waals surface area contributed by atoms with Gasteiger partial charge in [-0.25, -0.2) is 22.0 Å². The minimum absolute atomic E-state index is 0.214. The average molecular weight is 237 g/mol. The van der Waals surface area contributed by atoms with E-state index in [2.05, 4.69) is 0 Å². The van der Waals surface area contributed by atoms with Gasteiger partial charge in [-0.2, -0.15) is 0 Å². The van der Waals surface area contributed by atoms with Crippen molar-refractivity contribution in [2.75, 3.05) is 6.54 Å². The van der Waals surface area contributed by atoms with Gasteiger partial charge in [0.25, 0.3) is 0 Å². The van der Waals surface area contributed by atoms with Crippen LogP contribution in [0.4, 0.5) is 22.0 Å². The second kappa shape index (κ2) is 5.07. The van der Waals surface area contributed by atoms with Crippen molar-refractivity contribution in [1.82, 2.24) is 0 Å². The summed E-state index contributed by atoms with van der Waals surface area (Å²) in [6.45, 7) is 0.214. The topological polar surface area (TPSA) is 26.0 Å². The van der Waals surface area contributed by atoms with E-state index in [1.807, 2.05) is 0 Å². The molecule has 6 heteroatoms. The molecule has 0 saturated carbocycles. The number of hydrogen-bond acceptors (Lipinski definition) is 1. The van der Waals surface area contributed by atoms with Crippen LogP contribution < -0.4 is 5.73 Å². The second-order valence-corrected chi connectivity index (χ2v) is 2.96. The molecule has 0 amide bonds. The highest BCUT2D eigenvalue weighted by atomic mass is 19.2. The van der Waals surface area contributed by atoms with E-state index in [0.717, 1.165) is 6.08 Å². The molecular formula is C10H8F5N. The van der Waals surface area contributed by atoms with Crippen LogP contribution in [-0.4, -0.2) is 6.54 Å². The van der Waals surface area contributed by atoms with Crippen molar-refractivity contribution in [2.24, 2.45) is 5.73 Å². The second-order valence-electron chi connectivity index (χ2n) is 2.96. The van der Waals surface area contributed by atoms with E-state index in [9.17, 15) is 22.0 Å². The molecule has 16 heavy (non-hydrogen) atoms. The number of nitrogens with two attached hydrogens (primary N) is 1. The largest absolute Gasteiger partial charge is 0.330 e. The van der Waals surface area contributed by atoms with Crippen molar-refractivity contribution in [3.8, 4) is 0 Å². The standard InChI is InChI=1S/C10H8F5N/c11-6-5(3-1-2-4-16)7(12)9(14)10(15)8(6)13/h1,3H,2,4,16H2. The Morgan fingerprint density at radius 3 is 1.69 bits per heavy atom. The molecule has 0 aromatic heterocycles. The molecule has 0 radical (unpaired) electrons. The first-order chi connectivity index (χ1) is 7.50. The van der Waals surface area contributed by atoms with Gasteiger partial charge in [0.1, 0.15) is 0 Å². The van der Waals surface area contributed by atoms with Gasteiger partial charge in [0.2, 0.25) is 5.82 Å². The number of halogens is 5. The van der Waals surface area contributed by atoms with Crippen LogP contribution in [0.1, 0.15) is 12.0 Å². The molecule has 0 spiro atoms. The molecule has 0 aliphatic rings. The molecule has 0 aliphatic carbocycles. The van der Waals surface area contributed by atoms with E-state index in [4.69, 9.17) is 5.73 Å². The van der Waals surface area contributed by atoms with Crippen LogP contribution >= 0.6 is 0 Å². The zero-order valence-electron chi connectivity index (χ0n) is 8.04. The Morgan fingerprint density at radius 1 is 0.812 bits per heavy atom. The van der Waals surface area contributed by atoms with E-state index >= 15 is 0 Å². The molecule has 1 aromatic carbocycles. The molecule has 0 fully saturated rings. The summed E-state index contributed by atoms with van der Waals surface area (Å²) in [6, 6.07) is 0. The van der Waals surface area contributed by atoms with E-state index in [0.29, 0.717) is 0 Å². The van der Waals surface area contributed by atoms with Crippen molar-refractivity contribution in [3.05, 3.63) is 40.7 Å². The molecule has 1 aromatic rings. The average Bonchev–Trinajstić information content (AvgIpc) is 2.28. The van der Waals surface area contributed by atoms with Gasteiger partial charge < -0.3 is 5.73 Å². The lowest BCUT2D eigenvalue weighted by atomic mass is 10.1. The van der Waals surface area contributed by atoms with Crippen LogP contribution in [0.5, 0.6) is 0 Å². The van der Waals surface area contributed by atoms with Crippen LogP contribution in [-0.2, 0) is 0 Å². The third-order valence-electron chi connectivity index (χ3n) is 1.86. The fraction of sp³-hybridized carbons (Fsp3) is 0.200. The summed E-state index contributed by atoms with van der Waals surface area (Å²) >= 11 is 0. The molecule has 0 bridgehead atoms. The van der Waals surface area contributed by atoms with Gasteiger partial charge in [0.15, 0.2) is 23.3 Å². The highest BCUT2D eigenvalue weighted by Crippen LogP contribution is 2.23. The van der Waals surface area contributed by atoms with Gasteiger partial charge >= 0.3 is 0 Å². The van der Waals surface area contributed by atoms with Gasteiger partial charge in [-0.15, -0.1) is 0 Å². The molecule has 88 valence electrons. The van der Waals surface area contributed by atoms with Crippen LogP contribution in [0.2, 0.25) is 0 Å². The summed E-state index contributed by atoms with van der Waals surface area (Å²) in [6.07, 6.45) is 2.33. The number of hydrogen-bond donors (Lipinski definition) is 1. The summed E-state index contributed by atoms with van der Waals surface area (Å²) in [4.78, 5) is 0. The molecule has 0 heterocycles. The molecule has 1 nitrogen and oxygen atoms in total. The molecule has 0 saturated heterocycles. The lowest BCUT2D eigenvalue weighted by Crippen LogP contribution is -2.04. The minimum atomic E-state index is -2.16. The summed E-state index contributed by atoms with van der Waals surface area (Å²) in [5, 5.41) is 0. The first-order valence-corrected chi connectivity index (χ1v) is 4.38. The Bertz CT molecular complexity index is 399. The smallest absolute Gasteiger partial charge is 0.200 e. The molecule has 0 aliphatic heterocycles. The summed E-state index contributed by atoms with van der Waals surface area (Å²) in [5.41, 5.74) is 4.15. The summed E-state index contributed by atoms with van der Waals surface area (Å²) < 4.78 is 64.1. The Hall–Kier alpha value is -1.43. The highest BCUT2D eigenvalue weighted by molar-refractivity contribution is 5.51. The van der Waals surface area contributed by atoms with Crippen LogP contribution in [0, 0.1) is 29.1 Å². The maximum atomic E-state index is 13.0. The SMILES string of the molecule is NCCC=Cc1c(F)c(F)c(F)c(F)c1F. The monoisotopic (exact) mass is 237 g/mol. The third kappa shape index (κ3) is 2.21. The molecule has 1 rings (SSSR count). The molecule has 0 unspecified atom stereocenters. The normalized spacial score (nSPS) is 11.4. The number of benzene rings is 1. The number of rotatable bonds is 3. The van der Waals surface area contributed by atoms with E-state index < -0.39 is 34.6 Å². The highest BCUT2D eigenvalue weighted by Gasteiger charge is 2.23. The van der Waals surface area contributed by atoms with E-state index in [1.165, 1.54) is 6.08 Å². The minimum Gasteiger partial charge on any atom is -0.330 e. The zero-order valence-corrected chi connectivity index (χ0v) is 8.04. The van der Waals surface area contributed by atoms with Gasteiger partial charge in [-0.1, -0.05) is 12.2 Å². The molecule has 0 atom stereocenters. The maximum absolute atomic E-state index is 13.0. The molecule has 2 N–H and O–H groups in total. The first kappa shape index (κ1) is 12.6. The van der Waals surface area contributed by atoms with Gasteiger partial charge in [-0.3, -0.25) is 0 Å². The van der Waals surface area contributed by atoms with Crippen molar-refractivity contribution < 1.29 is 22.0 Å². The zero-order chi connectivity index (χ0) is 12.3. The van der Waals surface area contributed by atoms with Crippen molar-refractivity contribution in [2.45, 2.75) is 6.42 Å². The van der Waals surface area contributed by atoms with Crippen LogP contribution in [0.25, 0.3) is 6.08 Å². The van der Waals surface area contributed by atoms with Crippen molar-refractivity contribution >= 4 is 6.08 Å². The maximum Gasteiger partial charge on any atom is 0.200 e. The van der Waals surface area contributed by atoms with Crippen LogP contribution in [0.15, 0.2) is 6.08 Å². The predicted molar refractivity (Wildman–Crippen MR) is 48.9 cm³/mol. The van der Waals surface area contributed by atoms with Gasteiger partial charge in [0.05, 0.1) is 5.56 Å². The Kier molecular flexibility index (Phi) is 4.00. The van der Waals surface area contributed by atoms with Gasteiger partial charge in [-0.05, 0) is 13.0 Å². The van der Waals surface area contributed by atoms with E-state index in [1.54, 1.807) is 0 Å².